The second kappa shape index (κ2) is 8.06. The highest BCUT2D eigenvalue weighted by Crippen LogP contribution is 2.34. The van der Waals surface area contributed by atoms with E-state index in [1.54, 1.807) is 0 Å². The molecule has 1 aromatic heterocycles. The van der Waals surface area contributed by atoms with Crippen LogP contribution in [0.15, 0.2) is 16.8 Å². The molecule has 0 amide bonds. The minimum absolute atomic E-state index is 0.725. The van der Waals surface area contributed by atoms with Gasteiger partial charge in [-0.2, -0.15) is 11.3 Å². The SMILES string of the molecule is CCCC1CCC(C(CCc2ccsc2)NC)CC1. The van der Waals surface area contributed by atoms with Crippen molar-refractivity contribution in [1.29, 1.82) is 0 Å². The number of hydrogen-bond donors (Lipinski definition) is 1. The van der Waals surface area contributed by atoms with Crippen LogP contribution in [0.5, 0.6) is 0 Å². The van der Waals surface area contributed by atoms with Gasteiger partial charge >= 0.3 is 0 Å². The molecule has 1 atom stereocenters. The van der Waals surface area contributed by atoms with E-state index < -0.39 is 0 Å². The maximum absolute atomic E-state index is 3.58. The van der Waals surface area contributed by atoms with Crippen molar-refractivity contribution in [3.05, 3.63) is 22.4 Å². The molecule has 1 nitrogen and oxygen atoms in total. The van der Waals surface area contributed by atoms with Crippen LogP contribution in [0, 0.1) is 11.8 Å². The van der Waals surface area contributed by atoms with Crippen LogP contribution in [-0.2, 0) is 6.42 Å². The van der Waals surface area contributed by atoms with E-state index in [9.17, 15) is 0 Å². The Morgan fingerprint density at radius 1 is 1.32 bits per heavy atom. The lowest BCUT2D eigenvalue weighted by molar-refractivity contribution is 0.212. The lowest BCUT2D eigenvalue weighted by Crippen LogP contribution is -2.36. The Hall–Kier alpha value is -0.340. The van der Waals surface area contributed by atoms with Crippen LogP contribution in [0.2, 0.25) is 0 Å². The third-order valence-corrected chi connectivity index (χ3v) is 5.58. The molecule has 0 spiro atoms. The molecule has 1 unspecified atom stereocenters. The molecular formula is C17H29NS. The van der Waals surface area contributed by atoms with Gasteiger partial charge in [0.25, 0.3) is 0 Å². The van der Waals surface area contributed by atoms with Crippen molar-refractivity contribution >= 4 is 11.3 Å². The fraction of sp³-hybridized carbons (Fsp3) is 0.765. The zero-order valence-electron chi connectivity index (χ0n) is 12.5. The van der Waals surface area contributed by atoms with Crippen LogP contribution in [0.25, 0.3) is 0 Å². The number of rotatable bonds is 7. The van der Waals surface area contributed by atoms with Gasteiger partial charge in [-0.25, -0.2) is 0 Å². The van der Waals surface area contributed by atoms with E-state index in [4.69, 9.17) is 0 Å². The molecule has 0 radical (unpaired) electrons. The second-order valence-electron chi connectivity index (χ2n) is 6.13. The van der Waals surface area contributed by atoms with Crippen LogP contribution < -0.4 is 5.32 Å². The highest BCUT2D eigenvalue weighted by atomic mass is 32.1. The van der Waals surface area contributed by atoms with E-state index in [1.165, 1.54) is 56.9 Å². The molecule has 0 aromatic carbocycles. The fourth-order valence-electron chi connectivity index (χ4n) is 3.66. The summed E-state index contributed by atoms with van der Waals surface area (Å²) in [5, 5.41) is 8.08. The van der Waals surface area contributed by atoms with Gasteiger partial charge in [0, 0.05) is 6.04 Å². The van der Waals surface area contributed by atoms with E-state index in [2.05, 4.69) is 36.1 Å². The van der Waals surface area contributed by atoms with Crippen molar-refractivity contribution in [2.24, 2.45) is 11.8 Å². The maximum Gasteiger partial charge on any atom is 0.00955 e. The first kappa shape index (κ1) is 15.1. The first-order valence-corrected chi connectivity index (χ1v) is 8.96. The van der Waals surface area contributed by atoms with Crippen molar-refractivity contribution in [2.75, 3.05) is 7.05 Å². The molecule has 1 N–H and O–H groups in total. The van der Waals surface area contributed by atoms with Crippen LogP contribution in [0.3, 0.4) is 0 Å². The number of aryl methyl sites for hydroxylation is 1. The van der Waals surface area contributed by atoms with Gasteiger partial charge in [-0.1, -0.05) is 32.6 Å². The van der Waals surface area contributed by atoms with Crippen molar-refractivity contribution in [3.63, 3.8) is 0 Å². The maximum atomic E-state index is 3.58. The topological polar surface area (TPSA) is 12.0 Å². The molecule has 19 heavy (non-hydrogen) atoms. The normalized spacial score (nSPS) is 25.4. The average Bonchev–Trinajstić information content (AvgIpc) is 2.95. The second-order valence-corrected chi connectivity index (χ2v) is 6.91. The summed E-state index contributed by atoms with van der Waals surface area (Å²) in [5.74, 6) is 1.94. The first-order valence-electron chi connectivity index (χ1n) is 8.01. The summed E-state index contributed by atoms with van der Waals surface area (Å²) in [6, 6.07) is 3.00. The smallest absolute Gasteiger partial charge is 0.00955 e. The molecule has 1 fully saturated rings. The molecule has 1 aliphatic rings. The Morgan fingerprint density at radius 2 is 2.11 bits per heavy atom. The summed E-state index contributed by atoms with van der Waals surface area (Å²) in [5.41, 5.74) is 1.52. The van der Waals surface area contributed by atoms with E-state index in [1.807, 2.05) is 11.3 Å². The molecule has 0 saturated heterocycles. The summed E-state index contributed by atoms with van der Waals surface area (Å²) >= 11 is 1.82. The van der Waals surface area contributed by atoms with Gasteiger partial charge in [-0.15, -0.1) is 0 Å². The molecule has 2 heteroatoms. The fourth-order valence-corrected chi connectivity index (χ4v) is 4.36. The van der Waals surface area contributed by atoms with Crippen molar-refractivity contribution in [1.82, 2.24) is 5.32 Å². The van der Waals surface area contributed by atoms with Gasteiger partial charge in [0.2, 0.25) is 0 Å². The predicted molar refractivity (Wildman–Crippen MR) is 85.8 cm³/mol. The molecule has 0 bridgehead atoms. The molecule has 1 heterocycles. The van der Waals surface area contributed by atoms with E-state index >= 15 is 0 Å². The summed E-state index contributed by atoms with van der Waals surface area (Å²) < 4.78 is 0. The zero-order valence-corrected chi connectivity index (χ0v) is 13.3. The highest BCUT2D eigenvalue weighted by molar-refractivity contribution is 7.07. The third-order valence-electron chi connectivity index (χ3n) is 4.85. The average molecular weight is 279 g/mol. The molecule has 108 valence electrons. The van der Waals surface area contributed by atoms with Crippen molar-refractivity contribution in [2.45, 2.75) is 64.3 Å². The van der Waals surface area contributed by atoms with E-state index in [0.29, 0.717) is 0 Å². The van der Waals surface area contributed by atoms with Crippen LogP contribution in [0.4, 0.5) is 0 Å². The highest BCUT2D eigenvalue weighted by Gasteiger charge is 2.26. The largest absolute Gasteiger partial charge is 0.317 e. The summed E-state index contributed by atoms with van der Waals surface area (Å²) in [6.45, 7) is 2.32. The van der Waals surface area contributed by atoms with Gasteiger partial charge in [-0.3, -0.25) is 0 Å². The predicted octanol–water partition coefficient (Wildman–Crippen LogP) is 4.88. The molecule has 1 aromatic rings. The summed E-state index contributed by atoms with van der Waals surface area (Å²) in [6.07, 6.45) is 11.2. The zero-order chi connectivity index (χ0) is 13.5. The Labute approximate surface area is 122 Å². The van der Waals surface area contributed by atoms with Crippen molar-refractivity contribution < 1.29 is 0 Å². The molecule has 1 saturated carbocycles. The Balaban J connectivity index is 1.75. The van der Waals surface area contributed by atoms with Gasteiger partial charge < -0.3 is 5.32 Å². The van der Waals surface area contributed by atoms with Gasteiger partial charge in [0.05, 0.1) is 0 Å². The first-order chi connectivity index (χ1) is 9.33. The number of nitrogens with one attached hydrogen (secondary N) is 1. The Morgan fingerprint density at radius 3 is 2.68 bits per heavy atom. The Bertz CT molecular complexity index is 325. The molecule has 2 rings (SSSR count). The lowest BCUT2D eigenvalue weighted by Gasteiger charge is -2.34. The standard InChI is InChI=1S/C17H29NS/c1-3-4-14-5-8-16(9-6-14)17(18-2)10-7-15-11-12-19-13-15/h11-14,16-18H,3-10H2,1-2H3. The van der Waals surface area contributed by atoms with Crippen molar-refractivity contribution in [3.8, 4) is 0 Å². The Kier molecular flexibility index (Phi) is 6.39. The summed E-state index contributed by atoms with van der Waals surface area (Å²) in [4.78, 5) is 0. The van der Waals surface area contributed by atoms with E-state index in [0.717, 1.165) is 17.9 Å². The summed E-state index contributed by atoms with van der Waals surface area (Å²) in [7, 11) is 2.15. The molecular weight excluding hydrogens is 250 g/mol. The van der Waals surface area contributed by atoms with Crippen LogP contribution in [-0.4, -0.2) is 13.1 Å². The minimum atomic E-state index is 0.725. The lowest BCUT2D eigenvalue weighted by atomic mass is 9.76. The van der Waals surface area contributed by atoms with Gasteiger partial charge in [-0.05, 0) is 67.0 Å². The molecule has 1 aliphatic carbocycles. The number of thiophene rings is 1. The van der Waals surface area contributed by atoms with Gasteiger partial charge in [0.1, 0.15) is 0 Å². The van der Waals surface area contributed by atoms with Crippen LogP contribution in [0.1, 0.15) is 57.4 Å². The number of hydrogen-bond acceptors (Lipinski definition) is 2. The minimum Gasteiger partial charge on any atom is -0.317 e. The van der Waals surface area contributed by atoms with Gasteiger partial charge in [0.15, 0.2) is 0 Å². The van der Waals surface area contributed by atoms with Crippen LogP contribution >= 0.6 is 11.3 Å². The monoisotopic (exact) mass is 279 g/mol. The third kappa shape index (κ3) is 4.61. The molecule has 0 aliphatic heterocycles. The van der Waals surface area contributed by atoms with E-state index in [-0.39, 0.29) is 0 Å². The quantitative estimate of drug-likeness (QED) is 0.750.